The molecule has 6 heteroatoms. The summed E-state index contributed by atoms with van der Waals surface area (Å²) < 4.78 is 11.5. The summed E-state index contributed by atoms with van der Waals surface area (Å²) in [6.07, 6.45) is 6.08. The molecule has 0 spiro atoms. The van der Waals surface area contributed by atoms with Crippen LogP contribution in [0.4, 0.5) is 0 Å². The van der Waals surface area contributed by atoms with Gasteiger partial charge in [-0.25, -0.2) is 0 Å². The predicted octanol–water partition coefficient (Wildman–Crippen LogP) is 5.45. The van der Waals surface area contributed by atoms with Gasteiger partial charge in [-0.15, -0.1) is 11.8 Å². The fourth-order valence-electron chi connectivity index (χ4n) is 1.99. The number of ether oxygens (including phenoxy) is 1. The molecule has 0 aromatic heterocycles. The van der Waals surface area contributed by atoms with E-state index in [9.17, 15) is 4.79 Å². The number of nitrogens with zero attached hydrogens (tertiary/aromatic N) is 1. The Morgan fingerprint density at radius 3 is 2.46 bits per heavy atom. The van der Waals surface area contributed by atoms with Gasteiger partial charge in [0.2, 0.25) is 0 Å². The second-order valence-electron chi connectivity index (χ2n) is 9.42. The number of rotatable bonds is 7. The molecule has 0 unspecified atom stereocenters. The van der Waals surface area contributed by atoms with Gasteiger partial charge in [0.05, 0.1) is 23.1 Å². The summed E-state index contributed by atoms with van der Waals surface area (Å²) >= 11 is 1.77. The van der Waals surface area contributed by atoms with Gasteiger partial charge in [-0.1, -0.05) is 32.9 Å². The Hall–Kier alpha value is -0.593. The molecular formula is C20H37NO3SSi. The van der Waals surface area contributed by atoms with Gasteiger partial charge in [-0.2, -0.15) is 0 Å². The Morgan fingerprint density at radius 2 is 1.88 bits per heavy atom. The summed E-state index contributed by atoms with van der Waals surface area (Å²) in [6, 6.07) is 0.309. The van der Waals surface area contributed by atoms with Crippen LogP contribution >= 0.6 is 11.8 Å². The minimum atomic E-state index is -1.69. The predicted molar refractivity (Wildman–Crippen MR) is 116 cm³/mol. The van der Waals surface area contributed by atoms with Gasteiger partial charge in [0, 0.05) is 5.75 Å². The molecule has 0 amide bonds. The van der Waals surface area contributed by atoms with E-state index in [1.165, 1.54) is 5.04 Å². The summed E-state index contributed by atoms with van der Waals surface area (Å²) in [7, 11) is -1.69. The summed E-state index contributed by atoms with van der Waals surface area (Å²) in [5.41, 5.74) is -0.442. The van der Waals surface area contributed by atoms with E-state index in [0.717, 1.165) is 25.2 Å². The van der Waals surface area contributed by atoms with Crippen LogP contribution in [0.1, 0.15) is 54.4 Å². The van der Waals surface area contributed by atoms with E-state index in [2.05, 4.69) is 33.9 Å². The molecule has 0 N–H and O–H groups in total. The van der Waals surface area contributed by atoms with E-state index < -0.39 is 13.7 Å². The maximum atomic E-state index is 11.6. The normalized spacial score (nSPS) is 19.1. The van der Waals surface area contributed by atoms with Crippen LogP contribution in [0.15, 0.2) is 17.1 Å². The van der Waals surface area contributed by atoms with Crippen molar-refractivity contribution in [3.05, 3.63) is 12.2 Å². The van der Waals surface area contributed by atoms with Crippen LogP contribution in [0.3, 0.4) is 0 Å². The number of carbonyl (C=O) groups is 1. The van der Waals surface area contributed by atoms with Gasteiger partial charge in [0.25, 0.3) is 0 Å². The number of thioether (sulfide) groups is 1. The third-order valence-corrected chi connectivity index (χ3v) is 10.4. The third-order valence-electron chi connectivity index (χ3n) is 4.90. The molecule has 0 aromatic carbocycles. The second kappa shape index (κ2) is 9.56. The molecule has 26 heavy (non-hydrogen) atoms. The van der Waals surface area contributed by atoms with Crippen LogP contribution in [0.5, 0.6) is 0 Å². The van der Waals surface area contributed by atoms with E-state index in [-0.39, 0.29) is 11.0 Å². The number of hydrogen-bond donors (Lipinski definition) is 0. The van der Waals surface area contributed by atoms with Crippen molar-refractivity contribution in [1.82, 2.24) is 0 Å². The number of hydrogen-bond acceptors (Lipinski definition) is 5. The van der Waals surface area contributed by atoms with E-state index in [0.29, 0.717) is 12.6 Å². The maximum absolute atomic E-state index is 11.6. The number of carbonyl (C=O) groups excluding carboxylic acids is 1. The second-order valence-corrected chi connectivity index (χ2v) is 15.3. The van der Waals surface area contributed by atoms with Crippen molar-refractivity contribution in [2.75, 3.05) is 19.0 Å². The molecule has 1 atom stereocenters. The molecule has 1 heterocycles. The van der Waals surface area contributed by atoms with Crippen LogP contribution in [-0.4, -0.2) is 44.3 Å². The lowest BCUT2D eigenvalue weighted by Gasteiger charge is -2.36. The zero-order valence-corrected chi connectivity index (χ0v) is 19.7. The molecule has 4 nitrogen and oxygen atoms in total. The summed E-state index contributed by atoms with van der Waals surface area (Å²) in [4.78, 5) is 16.5. The highest BCUT2D eigenvalue weighted by Gasteiger charge is 2.37. The van der Waals surface area contributed by atoms with Gasteiger partial charge >= 0.3 is 5.97 Å². The van der Waals surface area contributed by atoms with Crippen molar-refractivity contribution in [2.24, 2.45) is 10.4 Å². The molecule has 150 valence electrons. The Kier molecular flexibility index (Phi) is 8.62. The lowest BCUT2D eigenvalue weighted by atomic mass is 9.97. The molecule has 1 rings (SSSR count). The van der Waals surface area contributed by atoms with Crippen molar-refractivity contribution in [3.63, 3.8) is 0 Å². The summed E-state index contributed by atoms with van der Waals surface area (Å²) in [6.45, 7) is 18.0. The zero-order valence-electron chi connectivity index (χ0n) is 17.8. The highest BCUT2D eigenvalue weighted by atomic mass is 32.2. The smallest absolute Gasteiger partial charge is 0.311 e. The van der Waals surface area contributed by atoms with Gasteiger partial charge in [-0.05, 0) is 51.7 Å². The van der Waals surface area contributed by atoms with Crippen molar-refractivity contribution in [1.29, 1.82) is 0 Å². The quantitative estimate of drug-likeness (QED) is 0.324. The molecular weight excluding hydrogens is 362 g/mol. The first-order chi connectivity index (χ1) is 11.8. The van der Waals surface area contributed by atoms with E-state index in [1.54, 1.807) is 11.8 Å². The molecule has 0 aromatic rings. The van der Waals surface area contributed by atoms with Crippen molar-refractivity contribution >= 4 is 31.1 Å². The van der Waals surface area contributed by atoms with Crippen LogP contribution in [-0.2, 0) is 14.0 Å². The monoisotopic (exact) mass is 399 g/mol. The Bertz CT molecular complexity index is 530. The highest BCUT2D eigenvalue weighted by Crippen LogP contribution is 2.37. The first-order valence-corrected chi connectivity index (χ1v) is 13.4. The zero-order chi connectivity index (χ0) is 20.0. The molecule has 0 bridgehead atoms. The SMILES string of the molecule is CC(C)(C)C(=O)OC/C=C\CSC1=N[C@@H](CO[Si](C)(C)C(C)(C)C)CC1. The standard InChI is InChI=1S/C20H37NO3SSi/c1-19(2,3)18(22)23-13-9-10-14-25-17-12-11-16(21-17)15-24-26(7,8)20(4,5)6/h9-10,16H,11-15H2,1-8H3/b10-9-/t16-/m1/s1. The Balaban J connectivity index is 2.28. The van der Waals surface area contributed by atoms with E-state index in [4.69, 9.17) is 14.2 Å². The third kappa shape index (κ3) is 7.97. The minimum absolute atomic E-state index is 0.167. The fraction of sp³-hybridized carbons (Fsp3) is 0.800. The van der Waals surface area contributed by atoms with Gasteiger partial charge in [0.1, 0.15) is 6.61 Å². The summed E-state index contributed by atoms with van der Waals surface area (Å²) in [5, 5.41) is 1.46. The first-order valence-electron chi connectivity index (χ1n) is 9.48. The lowest BCUT2D eigenvalue weighted by Crippen LogP contribution is -2.42. The fourth-order valence-corrected chi connectivity index (χ4v) is 3.95. The van der Waals surface area contributed by atoms with Crippen LogP contribution in [0, 0.1) is 5.41 Å². The average Bonchev–Trinajstić information content (AvgIpc) is 2.94. The number of esters is 1. The maximum Gasteiger partial charge on any atom is 0.311 e. The van der Waals surface area contributed by atoms with Crippen molar-refractivity contribution in [2.45, 2.75) is 78.6 Å². The average molecular weight is 400 g/mol. The molecule has 0 aliphatic carbocycles. The molecule has 1 aliphatic rings. The summed E-state index contributed by atoms with van der Waals surface area (Å²) in [5.74, 6) is 0.696. The number of aliphatic imine (C=N–C) groups is 1. The molecule has 0 saturated carbocycles. The van der Waals surface area contributed by atoms with Gasteiger partial charge in [0.15, 0.2) is 8.32 Å². The van der Waals surface area contributed by atoms with Crippen molar-refractivity contribution in [3.8, 4) is 0 Å². The molecule has 0 saturated heterocycles. The largest absolute Gasteiger partial charge is 0.461 e. The first kappa shape index (κ1) is 23.4. The Morgan fingerprint density at radius 1 is 1.23 bits per heavy atom. The van der Waals surface area contributed by atoms with E-state index >= 15 is 0 Å². The van der Waals surface area contributed by atoms with Gasteiger partial charge < -0.3 is 9.16 Å². The molecule has 0 fully saturated rings. The topological polar surface area (TPSA) is 47.9 Å². The lowest BCUT2D eigenvalue weighted by molar-refractivity contribution is -0.151. The van der Waals surface area contributed by atoms with Crippen LogP contribution < -0.4 is 0 Å². The van der Waals surface area contributed by atoms with E-state index in [1.807, 2.05) is 32.9 Å². The minimum Gasteiger partial charge on any atom is -0.461 e. The van der Waals surface area contributed by atoms with Crippen LogP contribution in [0.25, 0.3) is 0 Å². The van der Waals surface area contributed by atoms with Gasteiger partial charge in [-0.3, -0.25) is 9.79 Å². The molecule has 0 radical (unpaired) electrons. The van der Waals surface area contributed by atoms with Crippen molar-refractivity contribution < 1.29 is 14.0 Å². The molecule has 1 aliphatic heterocycles. The Labute approximate surface area is 165 Å². The van der Waals surface area contributed by atoms with Crippen LogP contribution in [0.2, 0.25) is 18.1 Å². The highest BCUT2D eigenvalue weighted by molar-refractivity contribution is 8.14.